The average molecular weight is 339 g/mol. The van der Waals surface area contributed by atoms with Gasteiger partial charge in [0.25, 0.3) is 0 Å². The highest BCUT2D eigenvalue weighted by Crippen LogP contribution is 2.25. The van der Waals surface area contributed by atoms with Crippen LogP contribution in [0.25, 0.3) is 5.82 Å². The Morgan fingerprint density at radius 1 is 1.08 bits per heavy atom. The van der Waals surface area contributed by atoms with Crippen LogP contribution in [0.3, 0.4) is 0 Å². The van der Waals surface area contributed by atoms with E-state index in [0.29, 0.717) is 12.5 Å². The van der Waals surface area contributed by atoms with Crippen LogP contribution < -0.4 is 14.8 Å². The second kappa shape index (κ2) is 7.21. The molecule has 0 fully saturated rings. The van der Waals surface area contributed by atoms with Crippen LogP contribution >= 0.6 is 0 Å². The molecule has 0 aliphatic rings. The molecule has 0 saturated carbocycles. The van der Waals surface area contributed by atoms with Gasteiger partial charge in [-0.1, -0.05) is 0 Å². The van der Waals surface area contributed by atoms with E-state index >= 15 is 0 Å². The fourth-order valence-corrected chi connectivity index (χ4v) is 2.59. The Morgan fingerprint density at radius 2 is 1.92 bits per heavy atom. The fourth-order valence-electron chi connectivity index (χ4n) is 2.59. The maximum absolute atomic E-state index is 5.41. The van der Waals surface area contributed by atoms with Crippen LogP contribution in [0.1, 0.15) is 17.0 Å². The Bertz CT molecular complexity index is 876. The standard InChI is InChI=1S/C18H21N5O2/c1-12-9-13(2)23(22-12)17-7-8-19-18(21-17)20-11-14-5-6-15(24-3)10-16(14)25-4/h5-10H,11H2,1-4H3,(H,19,20,21). The normalized spacial score (nSPS) is 10.6. The predicted molar refractivity (Wildman–Crippen MR) is 95.5 cm³/mol. The first-order chi connectivity index (χ1) is 12.1. The van der Waals surface area contributed by atoms with Crippen molar-refractivity contribution in [1.29, 1.82) is 0 Å². The van der Waals surface area contributed by atoms with E-state index in [1.807, 2.05) is 44.2 Å². The third-order valence-electron chi connectivity index (χ3n) is 3.80. The van der Waals surface area contributed by atoms with Gasteiger partial charge in [0.2, 0.25) is 5.95 Å². The third-order valence-corrected chi connectivity index (χ3v) is 3.80. The second-order valence-electron chi connectivity index (χ2n) is 5.61. The summed E-state index contributed by atoms with van der Waals surface area (Å²) in [6.07, 6.45) is 1.71. The summed E-state index contributed by atoms with van der Waals surface area (Å²) in [6, 6.07) is 9.54. The zero-order valence-electron chi connectivity index (χ0n) is 14.8. The third kappa shape index (κ3) is 3.71. The molecule has 3 rings (SSSR count). The van der Waals surface area contributed by atoms with E-state index in [4.69, 9.17) is 9.47 Å². The number of rotatable bonds is 6. The van der Waals surface area contributed by atoms with Crippen LogP contribution in [0.15, 0.2) is 36.5 Å². The van der Waals surface area contributed by atoms with Crippen LogP contribution in [0, 0.1) is 13.8 Å². The van der Waals surface area contributed by atoms with Crippen LogP contribution in [0.2, 0.25) is 0 Å². The smallest absolute Gasteiger partial charge is 0.224 e. The van der Waals surface area contributed by atoms with Crippen LogP contribution in [-0.4, -0.2) is 34.0 Å². The van der Waals surface area contributed by atoms with Crippen molar-refractivity contribution in [2.45, 2.75) is 20.4 Å². The Balaban J connectivity index is 1.78. The van der Waals surface area contributed by atoms with Gasteiger partial charge in [-0.3, -0.25) is 0 Å². The number of nitrogens with one attached hydrogen (secondary N) is 1. The van der Waals surface area contributed by atoms with Crippen molar-refractivity contribution in [2.24, 2.45) is 0 Å². The number of nitrogens with zero attached hydrogens (tertiary/aromatic N) is 4. The summed E-state index contributed by atoms with van der Waals surface area (Å²) in [5.74, 6) is 2.76. The lowest BCUT2D eigenvalue weighted by molar-refractivity contribution is 0.391. The summed E-state index contributed by atoms with van der Waals surface area (Å²) in [6.45, 7) is 4.49. The quantitative estimate of drug-likeness (QED) is 0.744. The molecule has 3 aromatic rings. The van der Waals surface area contributed by atoms with Crippen molar-refractivity contribution >= 4 is 5.95 Å². The van der Waals surface area contributed by atoms with Gasteiger partial charge in [0.15, 0.2) is 5.82 Å². The molecule has 2 aromatic heterocycles. The number of ether oxygens (including phenoxy) is 2. The number of aromatic nitrogens is 4. The van der Waals surface area contributed by atoms with E-state index in [1.165, 1.54) is 0 Å². The largest absolute Gasteiger partial charge is 0.497 e. The molecule has 0 amide bonds. The Labute approximate surface area is 146 Å². The molecule has 1 aromatic carbocycles. The van der Waals surface area contributed by atoms with Crippen LogP contribution in [0.4, 0.5) is 5.95 Å². The van der Waals surface area contributed by atoms with E-state index in [0.717, 1.165) is 34.3 Å². The molecule has 0 aliphatic carbocycles. The summed E-state index contributed by atoms with van der Waals surface area (Å²) in [4.78, 5) is 8.81. The van der Waals surface area contributed by atoms with Gasteiger partial charge in [0.05, 0.1) is 19.9 Å². The highest BCUT2D eigenvalue weighted by Gasteiger charge is 2.08. The van der Waals surface area contributed by atoms with Gasteiger partial charge in [0, 0.05) is 36.1 Å². The lowest BCUT2D eigenvalue weighted by Gasteiger charge is -2.12. The van der Waals surface area contributed by atoms with Crippen molar-refractivity contribution < 1.29 is 9.47 Å². The van der Waals surface area contributed by atoms with E-state index in [-0.39, 0.29) is 0 Å². The SMILES string of the molecule is COc1ccc(CNc2nccc(-n3nc(C)cc3C)n2)c(OC)c1. The molecule has 0 unspecified atom stereocenters. The van der Waals surface area contributed by atoms with E-state index in [1.54, 1.807) is 25.1 Å². The molecule has 0 spiro atoms. The number of methoxy groups -OCH3 is 2. The van der Waals surface area contributed by atoms with Gasteiger partial charge in [-0.15, -0.1) is 0 Å². The lowest BCUT2D eigenvalue weighted by Crippen LogP contribution is -2.08. The maximum atomic E-state index is 5.41. The molecule has 130 valence electrons. The number of benzene rings is 1. The van der Waals surface area contributed by atoms with Crippen LogP contribution in [-0.2, 0) is 6.54 Å². The second-order valence-corrected chi connectivity index (χ2v) is 5.61. The molecule has 0 aliphatic heterocycles. The van der Waals surface area contributed by atoms with Gasteiger partial charge in [-0.05, 0) is 32.0 Å². The summed E-state index contributed by atoms with van der Waals surface area (Å²) in [5.41, 5.74) is 2.97. The molecule has 25 heavy (non-hydrogen) atoms. The molecule has 0 atom stereocenters. The first-order valence-electron chi connectivity index (χ1n) is 7.92. The zero-order valence-corrected chi connectivity index (χ0v) is 14.8. The number of hydrogen-bond acceptors (Lipinski definition) is 6. The Hall–Kier alpha value is -3.09. The number of hydrogen-bond donors (Lipinski definition) is 1. The minimum atomic E-state index is 0.530. The highest BCUT2D eigenvalue weighted by molar-refractivity contribution is 5.43. The van der Waals surface area contributed by atoms with Gasteiger partial charge in [-0.2, -0.15) is 10.1 Å². The minimum Gasteiger partial charge on any atom is -0.497 e. The maximum Gasteiger partial charge on any atom is 0.224 e. The van der Waals surface area contributed by atoms with Crippen molar-refractivity contribution in [2.75, 3.05) is 19.5 Å². The minimum absolute atomic E-state index is 0.530. The molecule has 0 saturated heterocycles. The topological polar surface area (TPSA) is 74.1 Å². The number of aryl methyl sites for hydroxylation is 2. The van der Waals surface area contributed by atoms with Gasteiger partial charge >= 0.3 is 0 Å². The summed E-state index contributed by atoms with van der Waals surface area (Å²) >= 11 is 0. The highest BCUT2D eigenvalue weighted by atomic mass is 16.5. The first kappa shape index (κ1) is 16.8. The first-order valence-corrected chi connectivity index (χ1v) is 7.92. The predicted octanol–water partition coefficient (Wildman–Crippen LogP) is 2.91. The van der Waals surface area contributed by atoms with Gasteiger partial charge in [-0.25, -0.2) is 9.67 Å². The summed E-state index contributed by atoms with van der Waals surface area (Å²) < 4.78 is 12.4. The molecule has 7 nitrogen and oxygen atoms in total. The molecule has 0 bridgehead atoms. The van der Waals surface area contributed by atoms with Crippen LogP contribution in [0.5, 0.6) is 11.5 Å². The van der Waals surface area contributed by atoms with Gasteiger partial charge < -0.3 is 14.8 Å². The molecular weight excluding hydrogens is 318 g/mol. The van der Waals surface area contributed by atoms with E-state index in [9.17, 15) is 0 Å². The summed E-state index contributed by atoms with van der Waals surface area (Å²) in [5, 5.41) is 7.68. The molecule has 0 radical (unpaired) electrons. The lowest BCUT2D eigenvalue weighted by atomic mass is 10.2. The Morgan fingerprint density at radius 3 is 2.60 bits per heavy atom. The molecular formula is C18H21N5O2. The van der Waals surface area contributed by atoms with Crippen molar-refractivity contribution in [3.63, 3.8) is 0 Å². The number of anilines is 1. The van der Waals surface area contributed by atoms with Crippen molar-refractivity contribution in [3.05, 3.63) is 53.5 Å². The molecule has 7 heteroatoms. The monoisotopic (exact) mass is 339 g/mol. The zero-order chi connectivity index (χ0) is 17.8. The van der Waals surface area contributed by atoms with Crippen molar-refractivity contribution in [3.8, 4) is 17.3 Å². The summed E-state index contributed by atoms with van der Waals surface area (Å²) in [7, 11) is 3.27. The van der Waals surface area contributed by atoms with Gasteiger partial charge in [0.1, 0.15) is 11.5 Å². The van der Waals surface area contributed by atoms with Crippen molar-refractivity contribution in [1.82, 2.24) is 19.7 Å². The molecule has 1 N–H and O–H groups in total. The Kier molecular flexibility index (Phi) is 4.83. The van der Waals surface area contributed by atoms with E-state index in [2.05, 4.69) is 20.4 Å². The average Bonchev–Trinajstić information content (AvgIpc) is 2.98. The molecule has 2 heterocycles. The fraction of sp³-hybridized carbons (Fsp3) is 0.278. The van der Waals surface area contributed by atoms with E-state index < -0.39 is 0 Å².